The van der Waals surface area contributed by atoms with E-state index in [0.29, 0.717) is 11.7 Å². The first kappa shape index (κ1) is 9.30. The van der Waals surface area contributed by atoms with Gasteiger partial charge in [-0.25, -0.2) is 5.84 Å². The van der Waals surface area contributed by atoms with Crippen LogP contribution in [0.4, 0.5) is 0 Å². The smallest absolute Gasteiger partial charge is 0.180 e. The van der Waals surface area contributed by atoms with Crippen LogP contribution in [-0.4, -0.2) is 14.7 Å². The van der Waals surface area contributed by atoms with Crippen LogP contribution in [0, 0.1) is 6.92 Å². The highest BCUT2D eigenvalue weighted by molar-refractivity contribution is 7.80. The van der Waals surface area contributed by atoms with Crippen molar-refractivity contribution in [2.45, 2.75) is 13.5 Å². The lowest BCUT2D eigenvalue weighted by Crippen LogP contribution is -2.39. The number of aromatic nitrogens is 2. The Morgan fingerprint density at radius 2 is 2.50 bits per heavy atom. The topological polar surface area (TPSA) is 75.9 Å². The Morgan fingerprint density at radius 3 is 3.00 bits per heavy atom. The van der Waals surface area contributed by atoms with Gasteiger partial charge in [-0.3, -0.25) is 0 Å². The van der Waals surface area contributed by atoms with E-state index in [-0.39, 0.29) is 0 Å². The molecule has 5 nitrogen and oxygen atoms in total. The van der Waals surface area contributed by atoms with E-state index >= 15 is 0 Å². The molecule has 0 saturated carbocycles. The molecule has 0 saturated heterocycles. The molecule has 1 aromatic heterocycles. The van der Waals surface area contributed by atoms with Crippen molar-refractivity contribution in [1.82, 2.24) is 20.3 Å². The molecule has 1 heterocycles. The standard InChI is InChI=1S/C5H9N5S2/c1-3-4(12-10-9-3)2-7-5(11)8-6/h2,6H2,1H3,(H2,7,8,11). The zero-order valence-electron chi connectivity index (χ0n) is 6.50. The third kappa shape index (κ3) is 2.36. The second-order valence-corrected chi connectivity index (χ2v) is 3.36. The van der Waals surface area contributed by atoms with Gasteiger partial charge in [-0.15, -0.1) is 5.10 Å². The van der Waals surface area contributed by atoms with E-state index in [9.17, 15) is 0 Å². The lowest BCUT2D eigenvalue weighted by Gasteiger charge is -2.03. The number of rotatable bonds is 2. The Bertz CT molecular complexity index is 271. The highest BCUT2D eigenvalue weighted by atomic mass is 32.1. The summed E-state index contributed by atoms with van der Waals surface area (Å²) in [6.45, 7) is 2.52. The van der Waals surface area contributed by atoms with Crippen molar-refractivity contribution in [1.29, 1.82) is 0 Å². The summed E-state index contributed by atoms with van der Waals surface area (Å²) in [6, 6.07) is 0. The maximum Gasteiger partial charge on any atom is 0.180 e. The molecule has 12 heavy (non-hydrogen) atoms. The van der Waals surface area contributed by atoms with Crippen LogP contribution in [0.3, 0.4) is 0 Å². The monoisotopic (exact) mass is 203 g/mol. The SMILES string of the molecule is Cc1nnsc1CNC(=S)NN. The molecule has 1 aromatic rings. The highest BCUT2D eigenvalue weighted by Crippen LogP contribution is 2.07. The van der Waals surface area contributed by atoms with Crippen molar-refractivity contribution in [3.63, 3.8) is 0 Å². The van der Waals surface area contributed by atoms with Crippen LogP contribution in [-0.2, 0) is 6.54 Å². The molecule has 0 aliphatic heterocycles. The third-order valence-corrected chi connectivity index (χ3v) is 2.37. The minimum absolute atomic E-state index is 0.419. The van der Waals surface area contributed by atoms with Crippen molar-refractivity contribution < 1.29 is 0 Å². The summed E-state index contributed by atoms with van der Waals surface area (Å²) in [5.41, 5.74) is 3.25. The molecule has 0 spiro atoms. The lowest BCUT2D eigenvalue weighted by atomic mass is 10.4. The lowest BCUT2D eigenvalue weighted by molar-refractivity contribution is 0.868. The van der Waals surface area contributed by atoms with Gasteiger partial charge in [0.15, 0.2) is 5.11 Å². The minimum atomic E-state index is 0.419. The fourth-order valence-electron chi connectivity index (χ4n) is 0.625. The first-order valence-corrected chi connectivity index (χ1v) is 4.44. The van der Waals surface area contributed by atoms with Crippen molar-refractivity contribution in [3.8, 4) is 0 Å². The average Bonchev–Trinajstić information content (AvgIpc) is 2.47. The van der Waals surface area contributed by atoms with Crippen LogP contribution < -0.4 is 16.6 Å². The summed E-state index contributed by atoms with van der Waals surface area (Å²) in [5, 5.41) is 7.17. The maximum atomic E-state index is 5.07. The van der Waals surface area contributed by atoms with Crippen molar-refractivity contribution >= 4 is 28.9 Å². The second-order valence-electron chi connectivity index (χ2n) is 2.11. The van der Waals surface area contributed by atoms with Crippen LogP contribution in [0.15, 0.2) is 0 Å². The van der Waals surface area contributed by atoms with E-state index in [1.807, 2.05) is 6.92 Å². The predicted octanol–water partition coefficient (Wildman–Crippen LogP) is -0.316. The van der Waals surface area contributed by atoms with Gasteiger partial charge in [0.1, 0.15) is 0 Å². The Labute approximate surface area is 79.5 Å². The van der Waals surface area contributed by atoms with Crippen LogP contribution in [0.25, 0.3) is 0 Å². The van der Waals surface area contributed by atoms with Crippen LogP contribution in [0.5, 0.6) is 0 Å². The number of aryl methyl sites for hydroxylation is 1. The molecule has 66 valence electrons. The number of hydrazine groups is 1. The van der Waals surface area contributed by atoms with Gasteiger partial charge in [0, 0.05) is 0 Å². The normalized spacial score (nSPS) is 9.50. The Balaban J connectivity index is 2.43. The summed E-state index contributed by atoms with van der Waals surface area (Å²) < 4.78 is 3.78. The number of nitrogens with one attached hydrogen (secondary N) is 2. The molecule has 0 bridgehead atoms. The molecule has 0 aliphatic carbocycles. The molecule has 0 aromatic carbocycles. The molecule has 0 aliphatic rings. The Kier molecular flexibility index (Phi) is 3.32. The van der Waals surface area contributed by atoms with Crippen molar-refractivity contribution in [2.24, 2.45) is 5.84 Å². The molecular weight excluding hydrogens is 194 g/mol. The van der Waals surface area contributed by atoms with Crippen molar-refractivity contribution in [2.75, 3.05) is 0 Å². The molecule has 0 atom stereocenters. The molecule has 4 N–H and O–H groups in total. The fraction of sp³-hybridized carbons (Fsp3) is 0.400. The summed E-state index contributed by atoms with van der Waals surface area (Å²) in [4.78, 5) is 1.06. The Morgan fingerprint density at radius 1 is 1.75 bits per heavy atom. The first-order chi connectivity index (χ1) is 5.74. The van der Waals surface area contributed by atoms with E-state index in [1.165, 1.54) is 11.5 Å². The molecule has 0 radical (unpaired) electrons. The van der Waals surface area contributed by atoms with E-state index in [4.69, 9.17) is 18.1 Å². The summed E-state index contributed by atoms with van der Waals surface area (Å²) in [7, 11) is 0. The predicted molar refractivity (Wildman–Crippen MR) is 51.4 cm³/mol. The highest BCUT2D eigenvalue weighted by Gasteiger charge is 2.02. The summed E-state index contributed by atoms with van der Waals surface area (Å²) in [5.74, 6) is 5.07. The van der Waals surface area contributed by atoms with Crippen LogP contribution >= 0.6 is 23.8 Å². The van der Waals surface area contributed by atoms with E-state index < -0.39 is 0 Å². The van der Waals surface area contributed by atoms with E-state index in [2.05, 4.69) is 20.3 Å². The molecule has 0 amide bonds. The number of nitrogens with zero attached hydrogens (tertiary/aromatic N) is 2. The van der Waals surface area contributed by atoms with Gasteiger partial charge in [-0.05, 0) is 30.7 Å². The maximum absolute atomic E-state index is 5.07. The zero-order valence-corrected chi connectivity index (χ0v) is 8.13. The zero-order chi connectivity index (χ0) is 8.97. The van der Waals surface area contributed by atoms with Gasteiger partial charge in [0.2, 0.25) is 0 Å². The first-order valence-electron chi connectivity index (χ1n) is 3.26. The van der Waals surface area contributed by atoms with Gasteiger partial charge in [0.05, 0.1) is 17.1 Å². The summed E-state index contributed by atoms with van der Waals surface area (Å²) in [6.07, 6.45) is 0. The van der Waals surface area contributed by atoms with Gasteiger partial charge >= 0.3 is 0 Å². The van der Waals surface area contributed by atoms with Crippen molar-refractivity contribution in [3.05, 3.63) is 10.6 Å². The number of nitrogens with two attached hydrogens (primary N) is 1. The number of hydrogen-bond donors (Lipinski definition) is 3. The van der Waals surface area contributed by atoms with E-state index in [1.54, 1.807) is 0 Å². The molecule has 0 fully saturated rings. The molecule has 0 unspecified atom stereocenters. The second kappa shape index (κ2) is 4.29. The molecular formula is C5H9N5S2. The van der Waals surface area contributed by atoms with Crippen LogP contribution in [0.1, 0.15) is 10.6 Å². The van der Waals surface area contributed by atoms with Crippen LogP contribution in [0.2, 0.25) is 0 Å². The minimum Gasteiger partial charge on any atom is -0.357 e. The third-order valence-electron chi connectivity index (χ3n) is 1.29. The fourth-order valence-corrected chi connectivity index (χ4v) is 1.27. The average molecular weight is 203 g/mol. The van der Waals surface area contributed by atoms with Gasteiger partial charge in [-0.2, -0.15) is 0 Å². The quantitative estimate of drug-likeness (QED) is 0.347. The Hall–Kier alpha value is -0.790. The summed E-state index contributed by atoms with van der Waals surface area (Å²) >= 11 is 6.14. The van der Waals surface area contributed by atoms with E-state index in [0.717, 1.165) is 10.6 Å². The number of thiocarbonyl (C=S) groups is 1. The van der Waals surface area contributed by atoms with Gasteiger partial charge in [-0.1, -0.05) is 4.49 Å². The van der Waals surface area contributed by atoms with Gasteiger partial charge < -0.3 is 10.7 Å². The molecule has 7 heteroatoms. The number of hydrogen-bond acceptors (Lipinski definition) is 5. The largest absolute Gasteiger partial charge is 0.357 e. The van der Waals surface area contributed by atoms with Gasteiger partial charge in [0.25, 0.3) is 0 Å². The molecule has 1 rings (SSSR count).